The third-order valence-electron chi connectivity index (χ3n) is 7.51. The molecule has 2 aromatic heterocycles. The molecule has 36 heavy (non-hydrogen) atoms. The molecule has 5 heterocycles. The summed E-state index contributed by atoms with van der Waals surface area (Å²) < 4.78 is 28.2. The molecule has 3 aliphatic heterocycles. The van der Waals surface area contributed by atoms with Gasteiger partial charge >= 0.3 is 0 Å². The van der Waals surface area contributed by atoms with Crippen molar-refractivity contribution in [3.05, 3.63) is 57.3 Å². The summed E-state index contributed by atoms with van der Waals surface area (Å²) in [6.07, 6.45) is 0.309. The summed E-state index contributed by atoms with van der Waals surface area (Å²) in [5, 5.41) is 15.7. The van der Waals surface area contributed by atoms with E-state index in [4.69, 9.17) is 14.5 Å². The lowest BCUT2D eigenvalue weighted by Crippen LogP contribution is -2.38. The molecule has 6 rings (SSSR count). The molecule has 1 aromatic carbocycles. The quantitative estimate of drug-likeness (QED) is 0.449. The number of aliphatic hydroxyl groups is 1. The van der Waals surface area contributed by atoms with Crippen LogP contribution in [0.4, 0.5) is 15.8 Å². The summed E-state index contributed by atoms with van der Waals surface area (Å²) >= 11 is 0. The molecule has 0 radical (unpaired) electrons. The summed E-state index contributed by atoms with van der Waals surface area (Å²) in [6.45, 7) is 11.2. The van der Waals surface area contributed by atoms with E-state index in [2.05, 4.69) is 11.9 Å². The SMILES string of the molecule is C=C1OCc2c(cc3n(c2=O)Cc2c-3nc3cc(F)c4c(c3c2NC(C)C)N(C)CCO4)[C@@]1(O)CC. The first-order chi connectivity index (χ1) is 17.2. The number of nitrogens with one attached hydrogen (secondary N) is 1. The first kappa shape index (κ1) is 22.8. The molecular weight excluding hydrogens is 463 g/mol. The molecule has 0 bridgehead atoms. The van der Waals surface area contributed by atoms with Crippen LogP contribution in [0.3, 0.4) is 0 Å². The number of pyridine rings is 2. The molecule has 1 atom stereocenters. The minimum absolute atomic E-state index is 0.0549. The maximum atomic E-state index is 15.2. The van der Waals surface area contributed by atoms with E-state index in [0.717, 1.165) is 16.6 Å². The predicted octanol–water partition coefficient (Wildman–Crippen LogP) is 3.85. The van der Waals surface area contributed by atoms with Crippen molar-refractivity contribution >= 4 is 22.3 Å². The number of hydrogen-bond acceptors (Lipinski definition) is 7. The van der Waals surface area contributed by atoms with Crippen LogP contribution in [0, 0.1) is 5.82 Å². The molecule has 0 saturated carbocycles. The Morgan fingerprint density at radius 2 is 2.08 bits per heavy atom. The Labute approximate surface area is 208 Å². The number of aromatic nitrogens is 2. The van der Waals surface area contributed by atoms with E-state index in [-0.39, 0.29) is 29.7 Å². The molecular formula is C27H29FN4O4. The van der Waals surface area contributed by atoms with E-state index in [1.165, 1.54) is 6.07 Å². The van der Waals surface area contributed by atoms with Gasteiger partial charge in [-0.05, 0) is 26.3 Å². The molecule has 9 heteroatoms. The van der Waals surface area contributed by atoms with Crippen LogP contribution in [0.15, 0.2) is 29.3 Å². The van der Waals surface area contributed by atoms with E-state index in [1.807, 2.05) is 38.8 Å². The maximum Gasteiger partial charge on any atom is 0.258 e. The summed E-state index contributed by atoms with van der Waals surface area (Å²) in [5.74, 6) is -0.0244. The van der Waals surface area contributed by atoms with Gasteiger partial charge in [-0.1, -0.05) is 13.5 Å². The van der Waals surface area contributed by atoms with Gasteiger partial charge in [0.1, 0.15) is 24.6 Å². The van der Waals surface area contributed by atoms with E-state index < -0.39 is 11.4 Å². The Balaban J connectivity index is 1.68. The molecule has 0 saturated heterocycles. The molecule has 0 aliphatic carbocycles. The van der Waals surface area contributed by atoms with Crippen molar-refractivity contribution in [3.63, 3.8) is 0 Å². The Bertz CT molecular complexity index is 1530. The first-order valence-corrected chi connectivity index (χ1v) is 12.3. The van der Waals surface area contributed by atoms with Crippen LogP contribution in [-0.4, -0.2) is 40.9 Å². The highest BCUT2D eigenvalue weighted by molar-refractivity contribution is 6.07. The first-order valence-electron chi connectivity index (χ1n) is 12.3. The smallest absolute Gasteiger partial charge is 0.258 e. The zero-order chi connectivity index (χ0) is 25.5. The molecule has 0 unspecified atom stereocenters. The van der Waals surface area contributed by atoms with Crippen LogP contribution >= 0.6 is 0 Å². The number of anilines is 2. The second-order valence-electron chi connectivity index (χ2n) is 10.1. The number of halogens is 1. The summed E-state index contributed by atoms with van der Waals surface area (Å²) in [6, 6.07) is 3.30. The summed E-state index contributed by atoms with van der Waals surface area (Å²) in [7, 11) is 1.92. The van der Waals surface area contributed by atoms with Crippen LogP contribution in [0.2, 0.25) is 0 Å². The minimum Gasteiger partial charge on any atom is -0.490 e. The molecule has 0 fully saturated rings. The number of likely N-dealkylation sites (N-methyl/N-ethyl adjacent to an activating group) is 1. The summed E-state index contributed by atoms with van der Waals surface area (Å²) in [4.78, 5) is 20.5. The van der Waals surface area contributed by atoms with Gasteiger partial charge in [-0.3, -0.25) is 4.79 Å². The van der Waals surface area contributed by atoms with E-state index in [1.54, 1.807) is 4.57 Å². The highest BCUT2D eigenvalue weighted by Gasteiger charge is 2.42. The normalized spacial score (nSPS) is 20.0. The van der Waals surface area contributed by atoms with Gasteiger partial charge in [0, 0.05) is 30.3 Å². The van der Waals surface area contributed by atoms with Gasteiger partial charge in [0.25, 0.3) is 5.56 Å². The third kappa shape index (κ3) is 2.95. The highest BCUT2D eigenvalue weighted by Crippen LogP contribution is 2.48. The van der Waals surface area contributed by atoms with E-state index in [9.17, 15) is 9.90 Å². The molecule has 0 amide bonds. The standard InChI is InChI=1S/C27H29FN4O4/c1-6-27(34)14(4)36-12-16-17(27)9-20-22-15(11-32(20)26(16)33)23(29-13(2)3)21-19(30-22)10-18(28)25-24(21)31(5)7-8-35-25/h9-10,13,34H,4,6-8,11-12H2,1-3,5H3,(H,29,30)/t27-/m1/s1. The molecule has 3 aliphatic rings. The zero-order valence-corrected chi connectivity index (χ0v) is 20.9. The van der Waals surface area contributed by atoms with Crippen molar-refractivity contribution in [2.45, 2.75) is 52.0 Å². The van der Waals surface area contributed by atoms with E-state index >= 15 is 4.39 Å². The van der Waals surface area contributed by atoms with Gasteiger partial charge in [0.05, 0.1) is 52.3 Å². The lowest BCUT2D eigenvalue weighted by molar-refractivity contribution is -0.0172. The second-order valence-corrected chi connectivity index (χ2v) is 10.1. The Morgan fingerprint density at radius 1 is 1.31 bits per heavy atom. The van der Waals surface area contributed by atoms with Gasteiger partial charge < -0.3 is 29.4 Å². The van der Waals surface area contributed by atoms with Crippen LogP contribution in [0.1, 0.15) is 43.9 Å². The average Bonchev–Trinajstić information content (AvgIpc) is 3.21. The van der Waals surface area contributed by atoms with Gasteiger partial charge in [0.15, 0.2) is 11.6 Å². The average molecular weight is 493 g/mol. The van der Waals surface area contributed by atoms with Crippen LogP contribution in [0.5, 0.6) is 5.75 Å². The predicted molar refractivity (Wildman–Crippen MR) is 136 cm³/mol. The summed E-state index contributed by atoms with van der Waals surface area (Å²) in [5.41, 5.74) is 3.20. The van der Waals surface area contributed by atoms with Crippen molar-refractivity contribution in [2.75, 3.05) is 30.4 Å². The number of fused-ring (bicyclic) bond motifs is 7. The number of benzene rings is 1. The Kier molecular flexibility index (Phi) is 4.89. The van der Waals surface area contributed by atoms with Crippen molar-refractivity contribution in [1.82, 2.24) is 9.55 Å². The highest BCUT2D eigenvalue weighted by atomic mass is 19.1. The van der Waals surface area contributed by atoms with Crippen molar-refractivity contribution < 1.29 is 19.0 Å². The monoisotopic (exact) mass is 492 g/mol. The topological polar surface area (TPSA) is 88.9 Å². The lowest BCUT2D eigenvalue weighted by Gasteiger charge is -2.35. The van der Waals surface area contributed by atoms with Crippen LogP contribution < -0.4 is 20.5 Å². The second kappa shape index (κ2) is 7.70. The number of rotatable bonds is 3. The molecule has 3 aromatic rings. The zero-order valence-electron chi connectivity index (χ0n) is 20.9. The molecule has 0 spiro atoms. The van der Waals surface area contributed by atoms with Gasteiger partial charge in [0.2, 0.25) is 0 Å². The fourth-order valence-electron chi connectivity index (χ4n) is 5.63. The molecule has 188 valence electrons. The van der Waals surface area contributed by atoms with E-state index in [0.29, 0.717) is 59.8 Å². The fraction of sp³-hybridized carbons (Fsp3) is 0.407. The fourth-order valence-corrected chi connectivity index (χ4v) is 5.63. The number of ether oxygens (including phenoxy) is 2. The van der Waals surface area contributed by atoms with Crippen molar-refractivity contribution in [3.8, 4) is 17.1 Å². The molecule has 2 N–H and O–H groups in total. The van der Waals surface area contributed by atoms with Gasteiger partial charge in [-0.15, -0.1) is 0 Å². The molecule has 8 nitrogen and oxygen atoms in total. The minimum atomic E-state index is -1.47. The number of hydrogen-bond donors (Lipinski definition) is 2. The van der Waals surface area contributed by atoms with Crippen LogP contribution in [-0.2, 0) is 23.5 Å². The van der Waals surface area contributed by atoms with Crippen molar-refractivity contribution in [2.24, 2.45) is 0 Å². The van der Waals surface area contributed by atoms with Gasteiger partial charge in [-0.25, -0.2) is 9.37 Å². The number of nitrogens with zero attached hydrogens (tertiary/aromatic N) is 3. The van der Waals surface area contributed by atoms with Gasteiger partial charge in [-0.2, -0.15) is 0 Å². The van der Waals surface area contributed by atoms with Crippen LogP contribution in [0.25, 0.3) is 22.3 Å². The Hall–Kier alpha value is -3.59. The maximum absolute atomic E-state index is 15.2. The largest absolute Gasteiger partial charge is 0.490 e. The third-order valence-corrected chi connectivity index (χ3v) is 7.51. The lowest BCUT2D eigenvalue weighted by atomic mass is 9.84. The Morgan fingerprint density at radius 3 is 2.81 bits per heavy atom. The van der Waals surface area contributed by atoms with Crippen molar-refractivity contribution in [1.29, 1.82) is 0 Å².